The molecule has 0 aliphatic carbocycles. The minimum Gasteiger partial charge on any atom is -0.395 e. The molecule has 1 aromatic carbocycles. The highest BCUT2D eigenvalue weighted by molar-refractivity contribution is 7.17. The van der Waals surface area contributed by atoms with E-state index in [1.165, 1.54) is 28.5 Å². The number of aliphatic hydroxyl groups is 1. The number of nitrogens with zero attached hydrogens (tertiary/aromatic N) is 1. The highest BCUT2D eigenvalue weighted by Crippen LogP contribution is 2.26. The Morgan fingerprint density at radius 3 is 3.05 bits per heavy atom. The van der Waals surface area contributed by atoms with Crippen molar-refractivity contribution in [3.8, 4) is 0 Å². The molecular weight excluding hydrogens is 268 g/mol. The Hall–Kier alpha value is -0.940. The van der Waals surface area contributed by atoms with E-state index in [0.29, 0.717) is 6.04 Å². The summed E-state index contributed by atoms with van der Waals surface area (Å²) in [5, 5.41) is 16.5. The number of rotatable bonds is 6. The van der Waals surface area contributed by atoms with Crippen molar-refractivity contribution in [2.45, 2.75) is 25.4 Å². The second-order valence-corrected chi connectivity index (χ2v) is 6.42. The Bertz CT molecular complexity index is 548. The van der Waals surface area contributed by atoms with Crippen molar-refractivity contribution < 1.29 is 5.11 Å². The Kier molecular flexibility index (Phi) is 4.68. The summed E-state index contributed by atoms with van der Waals surface area (Å²) in [4.78, 5) is 2.37. The number of hydrogen-bond donors (Lipinski definition) is 2. The molecule has 0 radical (unpaired) electrons. The van der Waals surface area contributed by atoms with Crippen LogP contribution in [0, 0.1) is 0 Å². The first-order chi connectivity index (χ1) is 9.86. The van der Waals surface area contributed by atoms with E-state index in [1.807, 2.05) is 11.3 Å². The zero-order valence-corrected chi connectivity index (χ0v) is 12.5. The van der Waals surface area contributed by atoms with E-state index < -0.39 is 0 Å². The van der Waals surface area contributed by atoms with Crippen molar-refractivity contribution in [2.75, 3.05) is 26.2 Å². The largest absolute Gasteiger partial charge is 0.395 e. The monoisotopic (exact) mass is 290 g/mol. The molecule has 1 aliphatic heterocycles. The van der Waals surface area contributed by atoms with E-state index in [-0.39, 0.29) is 6.61 Å². The molecule has 0 bridgehead atoms. The first kappa shape index (κ1) is 14.0. The van der Waals surface area contributed by atoms with Crippen molar-refractivity contribution in [3.63, 3.8) is 0 Å². The standard InChI is InChI=1S/C16H22N2OS/c19-9-8-18(11-14-4-3-7-17-14)10-13-12-20-16-6-2-1-5-15(13)16/h1-2,5-6,12,14,17,19H,3-4,7-11H2. The number of fused-ring (bicyclic) bond motifs is 1. The fourth-order valence-electron chi connectivity index (χ4n) is 3.00. The molecule has 2 N–H and O–H groups in total. The van der Waals surface area contributed by atoms with Gasteiger partial charge < -0.3 is 10.4 Å². The molecule has 0 saturated carbocycles. The molecule has 1 unspecified atom stereocenters. The second kappa shape index (κ2) is 6.68. The maximum atomic E-state index is 9.29. The van der Waals surface area contributed by atoms with Crippen molar-refractivity contribution in [2.24, 2.45) is 0 Å². The van der Waals surface area contributed by atoms with Gasteiger partial charge in [-0.05, 0) is 41.8 Å². The van der Waals surface area contributed by atoms with Crippen LogP contribution < -0.4 is 5.32 Å². The third-order valence-electron chi connectivity index (χ3n) is 4.01. The van der Waals surface area contributed by atoms with E-state index in [1.54, 1.807) is 0 Å². The minimum absolute atomic E-state index is 0.231. The molecule has 20 heavy (non-hydrogen) atoms. The molecule has 1 fully saturated rings. The third kappa shape index (κ3) is 3.20. The summed E-state index contributed by atoms with van der Waals surface area (Å²) < 4.78 is 1.35. The molecule has 0 spiro atoms. The summed E-state index contributed by atoms with van der Waals surface area (Å²) in [6.45, 7) is 4.09. The van der Waals surface area contributed by atoms with Crippen molar-refractivity contribution in [1.82, 2.24) is 10.2 Å². The molecule has 108 valence electrons. The SMILES string of the molecule is OCCN(Cc1csc2ccccc12)CC1CCCN1. The molecule has 3 nitrogen and oxygen atoms in total. The van der Waals surface area contributed by atoms with Crippen LogP contribution in [-0.4, -0.2) is 42.3 Å². The lowest BCUT2D eigenvalue weighted by molar-refractivity contribution is 0.179. The maximum absolute atomic E-state index is 9.29. The summed E-state index contributed by atoms with van der Waals surface area (Å²) in [7, 11) is 0. The van der Waals surface area contributed by atoms with Gasteiger partial charge in [0.15, 0.2) is 0 Å². The Morgan fingerprint density at radius 1 is 1.35 bits per heavy atom. The van der Waals surface area contributed by atoms with Crippen LogP contribution in [0.3, 0.4) is 0 Å². The summed E-state index contributed by atoms with van der Waals surface area (Å²) in [5.41, 5.74) is 1.39. The normalized spacial score (nSPS) is 19.2. The Labute approximate surface area is 124 Å². The lowest BCUT2D eigenvalue weighted by Crippen LogP contribution is -2.38. The number of nitrogens with one attached hydrogen (secondary N) is 1. The molecule has 1 atom stereocenters. The number of aliphatic hydroxyl groups excluding tert-OH is 1. The molecule has 1 saturated heterocycles. The van der Waals surface area contributed by atoms with E-state index in [4.69, 9.17) is 0 Å². The molecular formula is C16H22N2OS. The number of hydrogen-bond acceptors (Lipinski definition) is 4. The van der Waals surface area contributed by atoms with E-state index >= 15 is 0 Å². The first-order valence-electron chi connectivity index (χ1n) is 7.38. The van der Waals surface area contributed by atoms with Gasteiger partial charge in [-0.25, -0.2) is 0 Å². The van der Waals surface area contributed by atoms with E-state index in [0.717, 1.165) is 26.2 Å². The zero-order chi connectivity index (χ0) is 13.8. The van der Waals surface area contributed by atoms with Crippen LogP contribution in [0.4, 0.5) is 0 Å². The average molecular weight is 290 g/mol. The predicted octanol–water partition coefficient (Wildman–Crippen LogP) is 2.45. The third-order valence-corrected chi connectivity index (χ3v) is 5.02. The summed E-state index contributed by atoms with van der Waals surface area (Å²) in [5.74, 6) is 0. The highest BCUT2D eigenvalue weighted by atomic mass is 32.1. The summed E-state index contributed by atoms with van der Waals surface area (Å²) in [6, 6.07) is 9.17. The predicted molar refractivity (Wildman–Crippen MR) is 85.2 cm³/mol. The van der Waals surface area contributed by atoms with Crippen LogP contribution in [0.2, 0.25) is 0 Å². The quantitative estimate of drug-likeness (QED) is 0.858. The zero-order valence-electron chi connectivity index (χ0n) is 11.7. The van der Waals surface area contributed by atoms with Gasteiger partial charge in [0.05, 0.1) is 6.61 Å². The smallest absolute Gasteiger partial charge is 0.0558 e. The van der Waals surface area contributed by atoms with Crippen molar-refractivity contribution in [3.05, 3.63) is 35.2 Å². The lowest BCUT2D eigenvalue weighted by Gasteiger charge is -2.24. The summed E-state index contributed by atoms with van der Waals surface area (Å²) in [6.07, 6.45) is 2.53. The summed E-state index contributed by atoms with van der Waals surface area (Å²) >= 11 is 1.81. The van der Waals surface area contributed by atoms with Gasteiger partial charge in [0, 0.05) is 30.4 Å². The van der Waals surface area contributed by atoms with Gasteiger partial charge in [-0.1, -0.05) is 18.2 Å². The van der Waals surface area contributed by atoms with Gasteiger partial charge in [-0.15, -0.1) is 11.3 Å². The number of benzene rings is 1. The Balaban J connectivity index is 1.71. The van der Waals surface area contributed by atoms with Gasteiger partial charge in [0.25, 0.3) is 0 Å². The van der Waals surface area contributed by atoms with E-state index in [2.05, 4.69) is 39.9 Å². The minimum atomic E-state index is 0.231. The average Bonchev–Trinajstić information content (AvgIpc) is 3.10. The fraction of sp³-hybridized carbons (Fsp3) is 0.500. The fourth-order valence-corrected chi connectivity index (χ4v) is 3.95. The van der Waals surface area contributed by atoms with E-state index in [9.17, 15) is 5.11 Å². The first-order valence-corrected chi connectivity index (χ1v) is 8.26. The number of thiophene rings is 1. The topological polar surface area (TPSA) is 35.5 Å². The van der Waals surface area contributed by atoms with Crippen LogP contribution in [0.15, 0.2) is 29.6 Å². The lowest BCUT2D eigenvalue weighted by atomic mass is 10.1. The molecule has 2 aromatic rings. The molecule has 1 aromatic heterocycles. The van der Waals surface area contributed by atoms with Gasteiger partial charge >= 0.3 is 0 Å². The highest BCUT2D eigenvalue weighted by Gasteiger charge is 2.18. The van der Waals surface area contributed by atoms with Crippen molar-refractivity contribution >= 4 is 21.4 Å². The molecule has 4 heteroatoms. The van der Waals surface area contributed by atoms with Crippen LogP contribution in [0.1, 0.15) is 18.4 Å². The molecule has 1 aliphatic rings. The molecule has 2 heterocycles. The molecule has 3 rings (SSSR count). The maximum Gasteiger partial charge on any atom is 0.0558 e. The second-order valence-electron chi connectivity index (χ2n) is 5.51. The van der Waals surface area contributed by atoms with Crippen LogP contribution >= 0.6 is 11.3 Å². The van der Waals surface area contributed by atoms with Gasteiger partial charge in [-0.2, -0.15) is 0 Å². The Morgan fingerprint density at radius 2 is 2.25 bits per heavy atom. The van der Waals surface area contributed by atoms with Crippen LogP contribution in [0.25, 0.3) is 10.1 Å². The van der Waals surface area contributed by atoms with Gasteiger partial charge in [0.1, 0.15) is 0 Å². The molecule has 0 amide bonds. The van der Waals surface area contributed by atoms with Crippen molar-refractivity contribution in [1.29, 1.82) is 0 Å². The van der Waals surface area contributed by atoms with Crippen LogP contribution in [0.5, 0.6) is 0 Å². The van der Waals surface area contributed by atoms with Gasteiger partial charge in [0.2, 0.25) is 0 Å². The van der Waals surface area contributed by atoms with Gasteiger partial charge in [-0.3, -0.25) is 4.90 Å². The van der Waals surface area contributed by atoms with Crippen LogP contribution in [-0.2, 0) is 6.54 Å².